The zero-order valence-electron chi connectivity index (χ0n) is 13.6. The zero-order chi connectivity index (χ0) is 20.4. The fourth-order valence-corrected chi connectivity index (χ4v) is 3.41. The summed E-state index contributed by atoms with van der Waals surface area (Å²) < 4.78 is 76.3. The van der Waals surface area contributed by atoms with Gasteiger partial charge in [-0.1, -0.05) is 12.1 Å². The first-order valence-corrected chi connectivity index (χ1v) is 8.79. The Morgan fingerprint density at radius 2 is 1.70 bits per heavy atom. The summed E-state index contributed by atoms with van der Waals surface area (Å²) in [6, 6.07) is 8.42. The second kappa shape index (κ2) is 8.01. The van der Waals surface area contributed by atoms with Crippen molar-refractivity contribution in [3.8, 4) is 0 Å². The first kappa shape index (κ1) is 21.4. The van der Waals surface area contributed by atoms with E-state index in [9.17, 15) is 26.3 Å². The molecule has 0 saturated heterocycles. The summed E-state index contributed by atoms with van der Waals surface area (Å²) in [6.45, 7) is 0. The largest absolute Gasteiger partial charge is 0.446 e. The van der Waals surface area contributed by atoms with Crippen molar-refractivity contribution < 1.29 is 26.3 Å². The summed E-state index contributed by atoms with van der Waals surface area (Å²) in [5, 5.41) is 0. The molecule has 2 rings (SSSR count). The number of halogens is 7. The molecule has 2 aromatic carbocycles. The number of benzene rings is 2. The van der Waals surface area contributed by atoms with E-state index in [0.29, 0.717) is 0 Å². The Labute approximate surface area is 163 Å². The summed E-state index contributed by atoms with van der Waals surface area (Å²) in [7, 11) is 1.44. The number of thioether (sulfide) groups is 1. The van der Waals surface area contributed by atoms with E-state index in [2.05, 4.69) is 20.9 Å². The molecular weight excluding hydrogens is 460 g/mol. The normalized spacial score (nSPS) is 13.0. The van der Waals surface area contributed by atoms with Gasteiger partial charge in [0.05, 0.1) is 21.4 Å². The van der Waals surface area contributed by atoms with Crippen LogP contribution in [0.5, 0.6) is 0 Å². The second-order valence-electron chi connectivity index (χ2n) is 5.21. The molecule has 0 amide bonds. The topological polar surface area (TPSA) is 41.6 Å². The maximum atomic E-state index is 12.8. The predicted molar refractivity (Wildman–Crippen MR) is 97.2 cm³/mol. The minimum Gasteiger partial charge on any atom is -0.369 e. The highest BCUT2D eigenvalue weighted by Crippen LogP contribution is 2.43. The molecule has 0 unspecified atom stereocenters. The Morgan fingerprint density at radius 1 is 1.07 bits per heavy atom. The minimum absolute atomic E-state index is 0.0360. The van der Waals surface area contributed by atoms with E-state index in [0.717, 1.165) is 12.1 Å². The van der Waals surface area contributed by atoms with Gasteiger partial charge in [0, 0.05) is 11.9 Å². The van der Waals surface area contributed by atoms with E-state index in [4.69, 9.17) is 5.73 Å². The molecule has 0 aliphatic rings. The van der Waals surface area contributed by atoms with Gasteiger partial charge in [0.2, 0.25) is 5.96 Å². The van der Waals surface area contributed by atoms with Gasteiger partial charge in [-0.2, -0.15) is 26.3 Å². The van der Waals surface area contributed by atoms with Crippen LogP contribution in [-0.4, -0.2) is 18.5 Å². The lowest BCUT2D eigenvalue weighted by Crippen LogP contribution is -2.33. The van der Waals surface area contributed by atoms with Crippen LogP contribution in [0, 0.1) is 0 Å². The predicted octanol–water partition coefficient (Wildman–Crippen LogP) is 6.16. The molecule has 0 radical (unpaired) electrons. The van der Waals surface area contributed by atoms with E-state index < -0.39 is 17.2 Å². The van der Waals surface area contributed by atoms with Gasteiger partial charge in [0.1, 0.15) is 0 Å². The lowest BCUT2D eigenvalue weighted by molar-refractivity contribution is -0.137. The van der Waals surface area contributed by atoms with E-state index in [1.807, 2.05) is 0 Å². The molecule has 0 spiro atoms. The number of aliphatic imine (C=N–C) groups is 1. The fraction of sp³-hybridized carbons (Fsp3) is 0.188. The van der Waals surface area contributed by atoms with Crippen LogP contribution < -0.4 is 10.6 Å². The van der Waals surface area contributed by atoms with E-state index in [1.54, 1.807) is 0 Å². The van der Waals surface area contributed by atoms with E-state index in [-0.39, 0.29) is 38.5 Å². The van der Waals surface area contributed by atoms with Crippen LogP contribution in [0.25, 0.3) is 0 Å². The number of guanidine groups is 1. The summed E-state index contributed by atoms with van der Waals surface area (Å²) in [5.74, 6) is -0.191. The summed E-state index contributed by atoms with van der Waals surface area (Å²) >= 11 is 2.80. The van der Waals surface area contributed by atoms with Crippen molar-refractivity contribution in [1.82, 2.24) is 0 Å². The highest BCUT2D eigenvalue weighted by Gasteiger charge is 2.31. The molecule has 27 heavy (non-hydrogen) atoms. The Morgan fingerprint density at radius 3 is 2.30 bits per heavy atom. The molecule has 0 bridgehead atoms. The van der Waals surface area contributed by atoms with Gasteiger partial charge in [-0.25, -0.2) is 4.99 Å². The second-order valence-corrected chi connectivity index (χ2v) is 7.11. The number of anilines is 1. The van der Waals surface area contributed by atoms with E-state index >= 15 is 0 Å². The standard InChI is InChI=1S/C16H12BrF6N3S/c1-26(11-6-3-7-12(13(11)17)27-16(21,22)23)14(24)25-10-5-2-4-9(8-10)15(18,19)20/h2-8H,1H3,(H2,24,25). The number of nitrogens with zero attached hydrogens (tertiary/aromatic N) is 2. The summed E-state index contributed by atoms with van der Waals surface area (Å²) in [5.41, 5.74) is 0.711. The van der Waals surface area contributed by atoms with Crippen LogP contribution in [0.2, 0.25) is 0 Å². The molecule has 0 fully saturated rings. The molecule has 2 N–H and O–H groups in total. The van der Waals surface area contributed by atoms with Crippen LogP contribution in [0.4, 0.5) is 37.7 Å². The molecule has 0 saturated carbocycles. The highest BCUT2D eigenvalue weighted by atomic mass is 79.9. The van der Waals surface area contributed by atoms with E-state index in [1.165, 1.54) is 42.3 Å². The van der Waals surface area contributed by atoms with Crippen molar-refractivity contribution in [2.45, 2.75) is 16.6 Å². The smallest absolute Gasteiger partial charge is 0.369 e. The third-order valence-electron chi connectivity index (χ3n) is 3.29. The minimum atomic E-state index is -4.53. The van der Waals surface area contributed by atoms with Gasteiger partial charge in [-0.15, -0.1) is 0 Å². The molecule has 3 nitrogen and oxygen atoms in total. The van der Waals surface area contributed by atoms with Gasteiger partial charge in [0.25, 0.3) is 0 Å². The van der Waals surface area contributed by atoms with Crippen molar-refractivity contribution in [1.29, 1.82) is 0 Å². The Balaban J connectivity index is 2.34. The molecule has 0 aromatic heterocycles. The van der Waals surface area contributed by atoms with Crippen LogP contribution in [0.15, 0.2) is 56.8 Å². The quantitative estimate of drug-likeness (QED) is 0.252. The Bertz CT molecular complexity index is 851. The molecule has 11 heteroatoms. The summed E-state index contributed by atoms with van der Waals surface area (Å²) in [6.07, 6.45) is -4.53. The monoisotopic (exact) mass is 471 g/mol. The molecule has 0 aliphatic heterocycles. The van der Waals surface area contributed by atoms with Gasteiger partial charge in [0.15, 0.2) is 0 Å². The molecule has 0 atom stereocenters. The zero-order valence-corrected chi connectivity index (χ0v) is 16.0. The number of alkyl halides is 6. The highest BCUT2D eigenvalue weighted by molar-refractivity contribution is 9.10. The summed E-state index contributed by atoms with van der Waals surface area (Å²) in [4.78, 5) is 5.11. The van der Waals surface area contributed by atoms with Crippen molar-refractivity contribution in [2.24, 2.45) is 10.7 Å². The average Bonchev–Trinajstić information content (AvgIpc) is 2.54. The van der Waals surface area contributed by atoms with Crippen molar-refractivity contribution in [3.63, 3.8) is 0 Å². The molecule has 0 heterocycles. The third-order valence-corrected chi connectivity index (χ3v) is 5.18. The third kappa shape index (κ3) is 5.80. The first-order valence-electron chi connectivity index (χ1n) is 7.18. The maximum absolute atomic E-state index is 12.8. The average molecular weight is 472 g/mol. The van der Waals surface area contributed by atoms with Crippen LogP contribution in [0.3, 0.4) is 0 Å². The molecule has 146 valence electrons. The molecule has 0 aliphatic carbocycles. The Hall–Kier alpha value is -1.88. The lowest BCUT2D eigenvalue weighted by atomic mass is 10.2. The lowest BCUT2D eigenvalue weighted by Gasteiger charge is -2.21. The number of hydrogen-bond acceptors (Lipinski definition) is 2. The molecular formula is C16H12BrF6N3S. The van der Waals surface area contributed by atoms with Gasteiger partial charge >= 0.3 is 11.7 Å². The first-order chi connectivity index (χ1) is 12.4. The number of rotatable bonds is 3. The number of nitrogens with two attached hydrogens (primary N) is 1. The maximum Gasteiger partial charge on any atom is 0.446 e. The molecule has 2 aromatic rings. The van der Waals surface area contributed by atoms with Gasteiger partial charge in [-0.3, -0.25) is 0 Å². The van der Waals surface area contributed by atoms with Crippen molar-refractivity contribution in [3.05, 3.63) is 52.5 Å². The van der Waals surface area contributed by atoms with Crippen LogP contribution >= 0.6 is 27.7 Å². The van der Waals surface area contributed by atoms with Gasteiger partial charge < -0.3 is 10.6 Å². The van der Waals surface area contributed by atoms with Crippen LogP contribution in [-0.2, 0) is 6.18 Å². The number of hydrogen-bond donors (Lipinski definition) is 1. The fourth-order valence-electron chi connectivity index (χ4n) is 2.04. The van der Waals surface area contributed by atoms with Crippen molar-refractivity contribution >= 4 is 45.0 Å². The Kier molecular flexibility index (Phi) is 6.35. The SMILES string of the molecule is CN(C(N)=Nc1cccc(C(F)(F)F)c1)c1cccc(SC(F)(F)F)c1Br. The van der Waals surface area contributed by atoms with Crippen molar-refractivity contribution in [2.75, 3.05) is 11.9 Å². The van der Waals surface area contributed by atoms with Crippen LogP contribution in [0.1, 0.15) is 5.56 Å². The van der Waals surface area contributed by atoms with Gasteiger partial charge in [-0.05, 0) is 58.0 Å².